The molecule has 0 radical (unpaired) electrons. The first-order valence-electron chi connectivity index (χ1n) is 7.67. The second-order valence-corrected chi connectivity index (χ2v) is 5.67. The summed E-state index contributed by atoms with van der Waals surface area (Å²) in [7, 11) is 0. The van der Waals surface area contributed by atoms with Crippen LogP contribution in [-0.2, 0) is 15.7 Å². The van der Waals surface area contributed by atoms with Gasteiger partial charge in [-0.2, -0.15) is 0 Å². The van der Waals surface area contributed by atoms with E-state index < -0.39 is 6.69 Å². The highest BCUT2D eigenvalue weighted by Crippen LogP contribution is 2.13. The summed E-state index contributed by atoms with van der Waals surface area (Å²) in [4.78, 5) is 1.48. The van der Waals surface area contributed by atoms with Crippen molar-refractivity contribution in [2.75, 3.05) is 26.3 Å². The van der Waals surface area contributed by atoms with E-state index in [4.69, 9.17) is 9.31 Å². The lowest BCUT2D eigenvalue weighted by molar-refractivity contribution is -0.783. The molecule has 3 rings (SSSR count). The van der Waals surface area contributed by atoms with Crippen LogP contribution in [0.3, 0.4) is 0 Å². The van der Waals surface area contributed by atoms with Crippen LogP contribution in [0.4, 0.5) is 0 Å². The molecule has 2 saturated heterocycles. The molecule has 1 aromatic rings. The zero-order chi connectivity index (χ0) is 13.7. The molecule has 2 heterocycles. The Kier molecular flexibility index (Phi) is 4.42. The van der Waals surface area contributed by atoms with Gasteiger partial charge < -0.3 is 14.1 Å². The predicted octanol–water partition coefficient (Wildman–Crippen LogP) is 0.897. The lowest BCUT2D eigenvalue weighted by Crippen LogP contribution is -3.19. The van der Waals surface area contributed by atoms with Crippen LogP contribution < -0.4 is 4.81 Å². The Labute approximate surface area is 121 Å². The monoisotopic (exact) mass is 271 g/mol. The van der Waals surface area contributed by atoms with Gasteiger partial charge in [-0.1, -0.05) is 30.3 Å². The van der Waals surface area contributed by atoms with Gasteiger partial charge in [-0.05, 0) is 18.4 Å². The van der Waals surface area contributed by atoms with Gasteiger partial charge in [-0.3, -0.25) is 0 Å². The van der Waals surface area contributed by atoms with Gasteiger partial charge in [0.25, 0.3) is 0 Å². The van der Waals surface area contributed by atoms with Crippen molar-refractivity contribution in [3.05, 3.63) is 35.9 Å². The van der Waals surface area contributed by atoms with Crippen LogP contribution >= 0.6 is 0 Å². The van der Waals surface area contributed by atoms with E-state index in [0.717, 1.165) is 51.9 Å². The van der Waals surface area contributed by atoms with Crippen molar-refractivity contribution >= 4 is 6.69 Å². The molecule has 0 bridgehead atoms. The summed E-state index contributed by atoms with van der Waals surface area (Å²) in [6.45, 7) is 2.68. The van der Waals surface area contributed by atoms with Crippen molar-refractivity contribution in [1.82, 2.24) is 0 Å². The van der Waals surface area contributed by atoms with E-state index in [1.54, 1.807) is 0 Å². The molecule has 1 N–H and O–H groups in total. The van der Waals surface area contributed by atoms with E-state index >= 15 is 0 Å². The molecule has 20 heavy (non-hydrogen) atoms. The second-order valence-electron chi connectivity index (χ2n) is 5.67. The summed E-state index contributed by atoms with van der Waals surface area (Å²) in [6.07, 6.45) is 3.95. The lowest BCUT2D eigenvalue weighted by atomic mass is 9.67. The average molecular weight is 271 g/mol. The Morgan fingerprint density at radius 1 is 1.05 bits per heavy atom. The number of quaternary nitrogens is 1. The van der Waals surface area contributed by atoms with Crippen molar-refractivity contribution in [3.8, 4) is 11.8 Å². The minimum atomic E-state index is -1.13. The van der Waals surface area contributed by atoms with Crippen molar-refractivity contribution in [1.29, 1.82) is 0 Å². The van der Waals surface area contributed by atoms with Crippen LogP contribution in [-0.4, -0.2) is 33.0 Å². The third-order valence-electron chi connectivity index (χ3n) is 4.35. The van der Waals surface area contributed by atoms with E-state index in [1.165, 1.54) is 10.4 Å². The summed E-state index contributed by atoms with van der Waals surface area (Å²) >= 11 is 0. The van der Waals surface area contributed by atoms with Gasteiger partial charge >= 0.3 is 6.69 Å². The molecule has 0 aliphatic carbocycles. The normalized spacial score (nSPS) is 27.9. The van der Waals surface area contributed by atoms with Crippen LogP contribution in [0.25, 0.3) is 0 Å². The molecule has 2 aliphatic rings. The first kappa shape index (κ1) is 13.7. The van der Waals surface area contributed by atoms with E-state index in [0.29, 0.717) is 0 Å². The molecule has 0 saturated carbocycles. The minimum Gasteiger partial charge on any atom is -0.509 e. The van der Waals surface area contributed by atoms with Crippen molar-refractivity contribution in [2.24, 2.45) is 0 Å². The van der Waals surface area contributed by atoms with Crippen LogP contribution in [0.5, 0.6) is 0 Å². The van der Waals surface area contributed by atoms with E-state index in [2.05, 4.69) is 42.2 Å². The number of aryl methyl sites for hydroxylation is 1. The van der Waals surface area contributed by atoms with Crippen molar-refractivity contribution in [3.63, 3.8) is 0 Å². The lowest BCUT2D eigenvalue weighted by Gasteiger charge is -2.28. The van der Waals surface area contributed by atoms with E-state index in [1.807, 2.05) is 0 Å². The van der Waals surface area contributed by atoms with Crippen LogP contribution in [0, 0.1) is 11.8 Å². The van der Waals surface area contributed by atoms with Crippen molar-refractivity contribution < 1.29 is 14.1 Å². The van der Waals surface area contributed by atoms with E-state index in [-0.39, 0.29) is 0 Å². The molecule has 1 aromatic carbocycles. The van der Waals surface area contributed by atoms with Gasteiger partial charge in [0, 0.05) is 12.7 Å². The number of hydrogen-bond donors (Lipinski definition) is 1. The van der Waals surface area contributed by atoms with Gasteiger partial charge in [-0.25, -0.2) is 0 Å². The maximum atomic E-state index is 5.84. The molecule has 0 amide bonds. The van der Waals surface area contributed by atoms with Crippen LogP contribution in [0.15, 0.2) is 30.3 Å². The molecular weight excluding hydrogens is 249 g/mol. The Morgan fingerprint density at radius 3 is 2.55 bits per heavy atom. The number of nitrogens with one attached hydrogen (secondary N) is 1. The third kappa shape index (κ3) is 3.07. The maximum absolute atomic E-state index is 5.84. The smallest absolute Gasteiger partial charge is 0.482 e. The molecule has 0 spiro atoms. The highest BCUT2D eigenvalue weighted by molar-refractivity contribution is 6.60. The minimum absolute atomic E-state index is 0.765. The first-order valence-corrected chi connectivity index (χ1v) is 7.67. The fraction of sp³-hybridized carbons (Fsp3) is 0.500. The topological polar surface area (TPSA) is 22.9 Å². The Morgan fingerprint density at radius 2 is 1.80 bits per heavy atom. The molecular formula is C16H22BNO2. The fourth-order valence-electron chi connectivity index (χ4n) is 3.19. The highest BCUT2D eigenvalue weighted by Gasteiger charge is 2.48. The molecule has 4 heteroatoms. The predicted molar refractivity (Wildman–Crippen MR) is 80.3 cm³/mol. The quantitative estimate of drug-likeness (QED) is 0.499. The average Bonchev–Trinajstić information content (AvgIpc) is 3.03. The van der Waals surface area contributed by atoms with Crippen LogP contribution in [0.1, 0.15) is 18.4 Å². The molecule has 0 unspecified atom stereocenters. The molecule has 3 nitrogen and oxygen atoms in total. The summed E-state index contributed by atoms with van der Waals surface area (Å²) in [5.74, 6) is 6.56. The number of rotatable bonds is 4. The maximum Gasteiger partial charge on any atom is 0.482 e. The number of benzene rings is 1. The van der Waals surface area contributed by atoms with Gasteiger partial charge in [0.15, 0.2) is 0 Å². The summed E-state index contributed by atoms with van der Waals surface area (Å²) in [6, 6.07) is 10.6. The van der Waals surface area contributed by atoms with E-state index in [9.17, 15) is 0 Å². The van der Waals surface area contributed by atoms with Crippen molar-refractivity contribution in [2.45, 2.75) is 25.6 Å². The molecule has 0 aromatic heterocycles. The van der Waals surface area contributed by atoms with Gasteiger partial charge in [0.05, 0.1) is 26.3 Å². The Balaban J connectivity index is 1.41. The Hall–Kier alpha value is -1.28. The Bertz CT molecular complexity index is 484. The number of fused-ring (bicyclic) bond motifs is 1. The standard InChI is InChI=1S/C16H22BNO2/c1(4-8-16-9-5-3-6-10-16)2-7-11-17-18(12-14-19-17)13-15-20-17/h3,5-6,9-10,18H,1,4,8,11-15H2. The molecule has 0 atom stereocenters. The second kappa shape index (κ2) is 6.45. The molecule has 2 fully saturated rings. The molecule has 106 valence electrons. The van der Waals surface area contributed by atoms with Crippen LogP contribution in [0.2, 0.25) is 6.32 Å². The van der Waals surface area contributed by atoms with Gasteiger partial charge in [0.2, 0.25) is 0 Å². The number of hydrogen-bond acceptors (Lipinski definition) is 2. The van der Waals surface area contributed by atoms with Gasteiger partial charge in [-0.15, -0.1) is 11.8 Å². The fourth-order valence-corrected chi connectivity index (χ4v) is 3.19. The summed E-state index contributed by atoms with van der Waals surface area (Å²) in [5.41, 5.74) is 1.39. The summed E-state index contributed by atoms with van der Waals surface area (Å²) < 4.78 is 11.7. The first-order chi connectivity index (χ1) is 9.89. The molecule has 2 aliphatic heterocycles. The summed E-state index contributed by atoms with van der Waals surface area (Å²) in [5, 5.41) is 0. The largest absolute Gasteiger partial charge is 0.509 e. The highest BCUT2D eigenvalue weighted by atomic mass is 16.6. The number of unbranched alkanes of at least 4 members (excludes halogenated alkanes) is 1. The zero-order valence-electron chi connectivity index (χ0n) is 11.9. The third-order valence-corrected chi connectivity index (χ3v) is 4.35. The SMILES string of the molecule is C(#CC[B-]12OCC[NH+]1CCO2)CCCc1ccccc1. The zero-order valence-corrected chi connectivity index (χ0v) is 11.9. The van der Waals surface area contributed by atoms with Gasteiger partial charge in [0.1, 0.15) is 0 Å².